The van der Waals surface area contributed by atoms with Gasteiger partial charge in [-0.1, -0.05) is 18.2 Å². The maximum atomic E-state index is 13.0. The van der Waals surface area contributed by atoms with Crippen LogP contribution in [0.2, 0.25) is 0 Å². The number of nitrogens with one attached hydrogen (secondary N) is 2. The van der Waals surface area contributed by atoms with E-state index in [4.69, 9.17) is 10.2 Å². The summed E-state index contributed by atoms with van der Waals surface area (Å²) < 4.78 is 0. The molecule has 7 nitrogen and oxygen atoms in total. The van der Waals surface area contributed by atoms with Gasteiger partial charge in [0.1, 0.15) is 5.82 Å². The third-order valence-corrected chi connectivity index (χ3v) is 4.68. The van der Waals surface area contributed by atoms with Gasteiger partial charge in [-0.3, -0.25) is 10.2 Å². The topological polar surface area (TPSA) is 93.9 Å². The second-order valence-electron chi connectivity index (χ2n) is 6.84. The summed E-state index contributed by atoms with van der Waals surface area (Å²) in [5, 5.41) is 15.3. The van der Waals surface area contributed by atoms with Gasteiger partial charge >= 0.3 is 6.03 Å². The van der Waals surface area contributed by atoms with E-state index in [1.54, 1.807) is 29.3 Å². The zero-order valence-electron chi connectivity index (χ0n) is 16.0. The molecule has 7 heteroatoms. The first-order valence-electron chi connectivity index (χ1n) is 9.41. The molecule has 1 aliphatic rings. The Morgan fingerprint density at radius 1 is 1.24 bits per heavy atom. The number of nitrogens with zero attached hydrogens (tertiary/aromatic N) is 4. The highest BCUT2D eigenvalue weighted by atomic mass is 16.2. The van der Waals surface area contributed by atoms with E-state index in [0.29, 0.717) is 29.4 Å². The second kappa shape index (κ2) is 7.98. The van der Waals surface area contributed by atoms with E-state index in [0.717, 1.165) is 29.8 Å². The standard InChI is InChI=1S/C22H20N6O/c1-15-6-9-20(25-14-15)27-22(29)28-11-3-10-24-19-8-7-18(26-21(19)28)17-5-2-4-16(12-17)13-23/h2,4-9,12,14,24H,3,10-11H2,1H3,(H,25,27,29). The van der Waals surface area contributed by atoms with E-state index in [1.165, 1.54) is 0 Å². The zero-order valence-corrected chi connectivity index (χ0v) is 16.0. The number of carbonyl (C=O) groups excluding carboxylic acids is 1. The van der Waals surface area contributed by atoms with E-state index < -0.39 is 0 Å². The van der Waals surface area contributed by atoms with Gasteiger partial charge in [0.05, 0.1) is 23.0 Å². The molecule has 2 aromatic heterocycles. The zero-order chi connectivity index (χ0) is 20.2. The van der Waals surface area contributed by atoms with Crippen molar-refractivity contribution in [2.75, 3.05) is 28.6 Å². The summed E-state index contributed by atoms with van der Waals surface area (Å²) in [5.74, 6) is 1.06. The van der Waals surface area contributed by atoms with Crippen molar-refractivity contribution in [3.63, 3.8) is 0 Å². The molecule has 3 aromatic rings. The highest BCUT2D eigenvalue weighted by molar-refractivity contribution is 6.02. The molecule has 144 valence electrons. The van der Waals surface area contributed by atoms with Crippen molar-refractivity contribution in [1.82, 2.24) is 9.97 Å². The van der Waals surface area contributed by atoms with Gasteiger partial charge in [0, 0.05) is 24.8 Å². The Hall–Kier alpha value is -3.92. The smallest absolute Gasteiger partial charge is 0.328 e. The molecular formula is C22H20N6O. The van der Waals surface area contributed by atoms with Crippen LogP contribution in [-0.2, 0) is 0 Å². The van der Waals surface area contributed by atoms with Crippen molar-refractivity contribution >= 4 is 23.4 Å². The summed E-state index contributed by atoms with van der Waals surface area (Å²) in [5.41, 5.74) is 3.93. The van der Waals surface area contributed by atoms with Gasteiger partial charge in [-0.15, -0.1) is 0 Å². The third-order valence-electron chi connectivity index (χ3n) is 4.68. The number of hydrogen-bond donors (Lipinski definition) is 2. The molecule has 3 heterocycles. The Morgan fingerprint density at radius 3 is 2.93 bits per heavy atom. The number of carbonyl (C=O) groups is 1. The Labute approximate surface area is 169 Å². The number of aryl methyl sites for hydroxylation is 1. The van der Waals surface area contributed by atoms with Crippen LogP contribution in [0, 0.1) is 18.3 Å². The van der Waals surface area contributed by atoms with Crippen molar-refractivity contribution in [2.45, 2.75) is 13.3 Å². The van der Waals surface area contributed by atoms with Crippen molar-refractivity contribution in [3.8, 4) is 17.3 Å². The van der Waals surface area contributed by atoms with E-state index in [9.17, 15) is 4.79 Å². The van der Waals surface area contributed by atoms with Crippen LogP contribution in [0.5, 0.6) is 0 Å². The van der Waals surface area contributed by atoms with Crippen LogP contribution in [0.1, 0.15) is 17.5 Å². The predicted molar refractivity (Wildman–Crippen MR) is 113 cm³/mol. The monoisotopic (exact) mass is 384 g/mol. The number of anilines is 3. The summed E-state index contributed by atoms with van der Waals surface area (Å²) in [6.45, 7) is 3.24. The molecule has 4 rings (SSSR count). The van der Waals surface area contributed by atoms with E-state index in [-0.39, 0.29) is 6.03 Å². The minimum Gasteiger partial charge on any atom is -0.382 e. The lowest BCUT2D eigenvalue weighted by Gasteiger charge is -2.22. The number of aromatic nitrogens is 2. The predicted octanol–water partition coefficient (Wildman–Crippen LogP) is 4.18. The largest absolute Gasteiger partial charge is 0.382 e. The maximum absolute atomic E-state index is 13.0. The van der Waals surface area contributed by atoms with Crippen molar-refractivity contribution < 1.29 is 4.79 Å². The number of pyridine rings is 2. The Kier molecular flexibility index (Phi) is 5.08. The van der Waals surface area contributed by atoms with Crippen molar-refractivity contribution in [2.24, 2.45) is 0 Å². The normalized spacial score (nSPS) is 12.9. The number of nitriles is 1. The van der Waals surface area contributed by atoms with E-state index in [2.05, 4.69) is 21.7 Å². The lowest BCUT2D eigenvalue weighted by Crippen LogP contribution is -2.36. The summed E-state index contributed by atoms with van der Waals surface area (Å²) >= 11 is 0. The van der Waals surface area contributed by atoms with Gasteiger partial charge in [-0.05, 0) is 49.2 Å². The number of fused-ring (bicyclic) bond motifs is 1. The van der Waals surface area contributed by atoms with Gasteiger partial charge < -0.3 is 5.32 Å². The van der Waals surface area contributed by atoms with Gasteiger partial charge in [0.25, 0.3) is 0 Å². The molecule has 0 saturated heterocycles. The van der Waals surface area contributed by atoms with Crippen molar-refractivity contribution in [1.29, 1.82) is 5.26 Å². The van der Waals surface area contributed by atoms with Gasteiger partial charge in [0.2, 0.25) is 0 Å². The highest BCUT2D eigenvalue weighted by Crippen LogP contribution is 2.30. The van der Waals surface area contributed by atoms with Crippen molar-refractivity contribution in [3.05, 3.63) is 65.9 Å². The van der Waals surface area contributed by atoms with E-state index >= 15 is 0 Å². The average molecular weight is 384 g/mol. The number of rotatable bonds is 2. The third kappa shape index (κ3) is 4.01. The van der Waals surface area contributed by atoms with Crippen LogP contribution < -0.4 is 15.5 Å². The summed E-state index contributed by atoms with van der Waals surface area (Å²) in [6.07, 6.45) is 2.51. The molecule has 0 radical (unpaired) electrons. The number of benzene rings is 1. The van der Waals surface area contributed by atoms with Gasteiger partial charge in [-0.2, -0.15) is 5.26 Å². The molecule has 2 N–H and O–H groups in total. The summed E-state index contributed by atoms with van der Waals surface area (Å²) in [7, 11) is 0. The second-order valence-corrected chi connectivity index (χ2v) is 6.84. The Balaban J connectivity index is 1.67. The Morgan fingerprint density at radius 2 is 2.14 bits per heavy atom. The highest BCUT2D eigenvalue weighted by Gasteiger charge is 2.23. The van der Waals surface area contributed by atoms with Gasteiger partial charge in [0.15, 0.2) is 5.82 Å². The quantitative estimate of drug-likeness (QED) is 0.691. The first kappa shape index (κ1) is 18.4. The number of urea groups is 1. The molecule has 0 aliphatic carbocycles. The molecular weight excluding hydrogens is 364 g/mol. The first-order chi connectivity index (χ1) is 14.1. The summed E-state index contributed by atoms with van der Waals surface area (Å²) in [6, 6.07) is 16.6. The fourth-order valence-electron chi connectivity index (χ4n) is 3.18. The molecule has 29 heavy (non-hydrogen) atoms. The van der Waals surface area contributed by atoms with Crippen LogP contribution in [0.15, 0.2) is 54.7 Å². The average Bonchev–Trinajstić information content (AvgIpc) is 2.97. The van der Waals surface area contributed by atoms with Gasteiger partial charge in [-0.25, -0.2) is 14.8 Å². The molecule has 2 amide bonds. The lowest BCUT2D eigenvalue weighted by atomic mass is 10.1. The minimum atomic E-state index is -0.276. The maximum Gasteiger partial charge on any atom is 0.328 e. The van der Waals surface area contributed by atoms with Crippen LogP contribution in [0.4, 0.5) is 22.1 Å². The Bertz CT molecular complexity index is 1090. The molecule has 0 bridgehead atoms. The van der Waals surface area contributed by atoms with Crippen LogP contribution in [0.3, 0.4) is 0 Å². The fourth-order valence-corrected chi connectivity index (χ4v) is 3.18. The number of hydrogen-bond acceptors (Lipinski definition) is 5. The SMILES string of the molecule is Cc1ccc(NC(=O)N2CCCNc3ccc(-c4cccc(C#N)c4)nc32)nc1. The van der Waals surface area contributed by atoms with E-state index in [1.807, 2.05) is 37.3 Å². The molecule has 0 saturated carbocycles. The molecule has 1 aliphatic heterocycles. The molecule has 0 atom stereocenters. The summed E-state index contributed by atoms with van der Waals surface area (Å²) in [4.78, 5) is 23.6. The molecule has 0 fully saturated rings. The molecule has 1 aromatic carbocycles. The first-order valence-corrected chi connectivity index (χ1v) is 9.41. The minimum absolute atomic E-state index is 0.276. The lowest BCUT2D eigenvalue weighted by molar-refractivity contribution is 0.256. The van der Waals surface area contributed by atoms with Crippen LogP contribution in [0.25, 0.3) is 11.3 Å². The fraction of sp³-hybridized carbons (Fsp3) is 0.182. The number of amides is 2. The molecule has 0 unspecified atom stereocenters. The van der Waals surface area contributed by atoms with Crippen LogP contribution in [-0.4, -0.2) is 29.1 Å². The van der Waals surface area contributed by atoms with Crippen LogP contribution >= 0.6 is 0 Å². The molecule has 0 spiro atoms.